The molecular formula is C22H20FN5O7S. The number of aromatic nitrogens is 2. The molecule has 188 valence electrons. The van der Waals surface area contributed by atoms with Crippen LogP contribution in [0.3, 0.4) is 0 Å². The van der Waals surface area contributed by atoms with E-state index in [1.807, 2.05) is 0 Å². The van der Waals surface area contributed by atoms with E-state index in [0.717, 1.165) is 30.5 Å². The minimum atomic E-state index is -4.51. The molecule has 1 heterocycles. The first-order chi connectivity index (χ1) is 17.1. The van der Waals surface area contributed by atoms with Crippen molar-refractivity contribution in [3.8, 4) is 0 Å². The Labute approximate surface area is 203 Å². The molecule has 14 heteroatoms. The van der Waals surface area contributed by atoms with Gasteiger partial charge < -0.3 is 0 Å². The second-order valence-corrected chi connectivity index (χ2v) is 9.99. The molecule has 0 bridgehead atoms. The number of nitrogens with one attached hydrogen (secondary N) is 2. The molecule has 36 heavy (non-hydrogen) atoms. The van der Waals surface area contributed by atoms with Gasteiger partial charge in [-0.15, -0.1) is 0 Å². The zero-order valence-electron chi connectivity index (χ0n) is 18.7. The number of H-pyrrole nitrogens is 1. The van der Waals surface area contributed by atoms with E-state index in [4.69, 9.17) is 0 Å². The van der Waals surface area contributed by atoms with Crippen molar-refractivity contribution >= 4 is 21.4 Å². The summed E-state index contributed by atoms with van der Waals surface area (Å²) in [6, 6.07) is 6.29. The molecule has 0 fully saturated rings. The second-order valence-electron chi connectivity index (χ2n) is 8.26. The van der Waals surface area contributed by atoms with Crippen LogP contribution < -0.4 is 10.3 Å². The highest BCUT2D eigenvalue weighted by Gasteiger charge is 2.28. The van der Waals surface area contributed by atoms with Gasteiger partial charge in [-0.25, -0.2) is 22.6 Å². The predicted octanol–water partition coefficient (Wildman–Crippen LogP) is 2.67. The number of hydrogen-bond donors (Lipinski definition) is 2. The lowest BCUT2D eigenvalue weighted by Gasteiger charge is -2.17. The lowest BCUT2D eigenvalue weighted by Crippen LogP contribution is -2.25. The maximum atomic E-state index is 14.5. The van der Waals surface area contributed by atoms with Crippen LogP contribution in [-0.4, -0.2) is 28.5 Å². The third kappa shape index (κ3) is 5.13. The molecule has 0 aliphatic heterocycles. The van der Waals surface area contributed by atoms with Gasteiger partial charge in [0.25, 0.3) is 16.9 Å². The number of sulfonamides is 1. The van der Waals surface area contributed by atoms with Crippen LogP contribution >= 0.6 is 0 Å². The van der Waals surface area contributed by atoms with Gasteiger partial charge >= 0.3 is 0 Å². The quantitative estimate of drug-likeness (QED) is 0.338. The molecular weight excluding hydrogens is 497 g/mol. The first-order valence-electron chi connectivity index (χ1n) is 10.9. The van der Waals surface area contributed by atoms with Crippen LogP contribution in [-0.2, 0) is 35.8 Å². The van der Waals surface area contributed by atoms with E-state index in [9.17, 15) is 37.8 Å². The molecule has 0 atom stereocenters. The normalized spacial score (nSPS) is 13.2. The Morgan fingerprint density at radius 1 is 1.03 bits per heavy atom. The maximum absolute atomic E-state index is 14.5. The van der Waals surface area contributed by atoms with Gasteiger partial charge in [-0.3, -0.25) is 25.0 Å². The Balaban J connectivity index is 1.58. The second kappa shape index (κ2) is 9.91. The van der Waals surface area contributed by atoms with E-state index in [1.165, 1.54) is 18.2 Å². The number of benzene rings is 2. The van der Waals surface area contributed by atoms with Crippen LogP contribution in [0.2, 0.25) is 0 Å². The summed E-state index contributed by atoms with van der Waals surface area (Å²) >= 11 is 0. The number of non-ortho nitro benzene ring substituents is 1. The number of nitro groups is 2. The molecule has 4 rings (SSSR count). The highest BCUT2D eigenvalue weighted by Crippen LogP contribution is 2.28. The molecule has 2 N–H and O–H groups in total. The van der Waals surface area contributed by atoms with Gasteiger partial charge in [0.2, 0.25) is 10.0 Å². The average molecular weight is 517 g/mol. The summed E-state index contributed by atoms with van der Waals surface area (Å²) in [6.45, 7) is -0.521. The smallest absolute Gasteiger partial charge is 0.268 e. The Bertz CT molecular complexity index is 1540. The number of hydrogen-bond acceptors (Lipinski definition) is 8. The molecule has 0 radical (unpaired) electrons. The van der Waals surface area contributed by atoms with E-state index >= 15 is 0 Å². The number of aromatic amines is 1. The van der Waals surface area contributed by atoms with E-state index in [0.29, 0.717) is 35.7 Å². The van der Waals surface area contributed by atoms with Crippen LogP contribution in [0.4, 0.5) is 15.8 Å². The van der Waals surface area contributed by atoms with Crippen molar-refractivity contribution < 1.29 is 22.7 Å². The molecule has 0 spiro atoms. The summed E-state index contributed by atoms with van der Waals surface area (Å²) in [5.41, 5.74) is 1.01. The summed E-state index contributed by atoms with van der Waals surface area (Å²) in [5, 5.41) is 28.9. The van der Waals surface area contributed by atoms with Gasteiger partial charge in [0, 0.05) is 30.2 Å². The van der Waals surface area contributed by atoms with E-state index in [2.05, 4.69) is 14.9 Å². The Morgan fingerprint density at radius 3 is 2.44 bits per heavy atom. The summed E-state index contributed by atoms with van der Waals surface area (Å²) in [7, 11) is -4.51. The lowest BCUT2D eigenvalue weighted by atomic mass is 9.90. The van der Waals surface area contributed by atoms with Crippen LogP contribution in [0.25, 0.3) is 0 Å². The number of nitrogens with zero attached hydrogens (tertiary/aromatic N) is 3. The van der Waals surface area contributed by atoms with Gasteiger partial charge in [0.05, 0.1) is 21.6 Å². The van der Waals surface area contributed by atoms with Crippen molar-refractivity contribution in [2.24, 2.45) is 0 Å². The van der Waals surface area contributed by atoms with Crippen molar-refractivity contribution in [1.29, 1.82) is 0 Å². The minimum Gasteiger partial charge on any atom is -0.268 e. The molecule has 0 unspecified atom stereocenters. The fourth-order valence-corrected chi connectivity index (χ4v) is 5.34. The first kappa shape index (κ1) is 25.1. The average Bonchev–Trinajstić information content (AvgIpc) is 2.85. The molecule has 2 aromatic carbocycles. The molecule has 0 amide bonds. The van der Waals surface area contributed by atoms with Crippen LogP contribution in [0.1, 0.15) is 40.8 Å². The lowest BCUT2D eigenvalue weighted by molar-refractivity contribution is -0.396. The van der Waals surface area contributed by atoms with Crippen molar-refractivity contribution in [3.05, 3.63) is 101 Å². The third-order valence-corrected chi connectivity index (χ3v) is 7.41. The SMILES string of the molecule is O=c1[nH]nc(Cc2ccc(F)c(CNS(=O)(=O)c3ccc([N+](=O)[O-])cc3[N+](=O)[O-])c2)c2c1CCCC2. The van der Waals surface area contributed by atoms with E-state index < -0.39 is 48.5 Å². The monoisotopic (exact) mass is 517 g/mol. The number of halogens is 1. The minimum absolute atomic E-state index is 0.0149. The summed E-state index contributed by atoms with van der Waals surface area (Å²) in [6.07, 6.45) is 3.49. The van der Waals surface area contributed by atoms with Crippen molar-refractivity contribution in [2.75, 3.05) is 0 Å². The van der Waals surface area contributed by atoms with Crippen molar-refractivity contribution in [1.82, 2.24) is 14.9 Å². The largest absolute Gasteiger partial charge is 0.296 e. The molecule has 1 aliphatic rings. The maximum Gasteiger partial charge on any atom is 0.296 e. The molecule has 3 aromatic rings. The fraction of sp³-hybridized carbons (Fsp3) is 0.273. The van der Waals surface area contributed by atoms with Gasteiger partial charge in [0.15, 0.2) is 4.90 Å². The van der Waals surface area contributed by atoms with Crippen LogP contribution in [0, 0.1) is 26.0 Å². The molecule has 1 aromatic heterocycles. The molecule has 1 aliphatic carbocycles. The molecule has 0 saturated carbocycles. The number of rotatable bonds is 8. The van der Waals surface area contributed by atoms with E-state index in [1.54, 1.807) is 0 Å². The zero-order valence-corrected chi connectivity index (χ0v) is 19.5. The Morgan fingerprint density at radius 2 is 1.75 bits per heavy atom. The van der Waals surface area contributed by atoms with Crippen molar-refractivity contribution in [2.45, 2.75) is 43.5 Å². The highest BCUT2D eigenvalue weighted by molar-refractivity contribution is 7.89. The fourth-order valence-electron chi connectivity index (χ4n) is 4.18. The first-order valence-corrected chi connectivity index (χ1v) is 12.3. The third-order valence-electron chi connectivity index (χ3n) is 5.96. The van der Waals surface area contributed by atoms with Crippen LogP contribution in [0.5, 0.6) is 0 Å². The topological polar surface area (TPSA) is 178 Å². The predicted molar refractivity (Wildman–Crippen MR) is 124 cm³/mol. The number of fused-ring (bicyclic) bond motifs is 1. The van der Waals surface area contributed by atoms with Crippen molar-refractivity contribution in [3.63, 3.8) is 0 Å². The summed E-state index contributed by atoms with van der Waals surface area (Å²) < 4.78 is 42.1. The highest BCUT2D eigenvalue weighted by atomic mass is 32.2. The Hall–Kier alpha value is -4.04. The zero-order chi connectivity index (χ0) is 26.0. The van der Waals surface area contributed by atoms with Gasteiger partial charge in [-0.05, 0) is 48.9 Å². The van der Waals surface area contributed by atoms with Crippen LogP contribution in [0.15, 0.2) is 46.1 Å². The summed E-state index contributed by atoms with van der Waals surface area (Å²) in [5.74, 6) is -0.698. The van der Waals surface area contributed by atoms with Gasteiger partial charge in [-0.1, -0.05) is 12.1 Å². The summed E-state index contributed by atoms with van der Waals surface area (Å²) in [4.78, 5) is 31.6. The number of nitro benzene ring substituents is 2. The van der Waals surface area contributed by atoms with E-state index in [-0.39, 0.29) is 17.5 Å². The standard InChI is InChI=1S/C22H20FN5O7S/c23-18-7-5-13(10-19-16-3-1-2-4-17(16)22(29)26-25-19)9-14(18)12-24-36(34,35)21-8-6-15(27(30)31)11-20(21)28(32)33/h5-9,11,24H,1-4,10,12H2,(H,26,29). The molecule has 12 nitrogen and oxygen atoms in total. The molecule has 0 saturated heterocycles. The van der Waals surface area contributed by atoms with Gasteiger partial charge in [0.1, 0.15) is 5.82 Å². The van der Waals surface area contributed by atoms with Gasteiger partial charge in [-0.2, -0.15) is 5.10 Å². The Kier molecular flexibility index (Phi) is 6.90.